The summed E-state index contributed by atoms with van der Waals surface area (Å²) < 4.78 is 15.4. The third-order valence-electron chi connectivity index (χ3n) is 5.41. The Hall–Kier alpha value is -5.24. The van der Waals surface area contributed by atoms with Crippen LogP contribution in [0.25, 0.3) is 6.08 Å². The molecule has 200 valence electrons. The van der Waals surface area contributed by atoms with Gasteiger partial charge in [0.15, 0.2) is 0 Å². The minimum Gasteiger partial charge on any atom is -0.481 e. The van der Waals surface area contributed by atoms with Gasteiger partial charge in [-0.25, -0.2) is 9.59 Å². The molecule has 0 spiro atoms. The van der Waals surface area contributed by atoms with E-state index in [1.54, 1.807) is 0 Å². The Morgan fingerprint density at radius 1 is 1.10 bits per heavy atom. The Labute approximate surface area is 223 Å². The molecule has 1 aromatic heterocycles. The average Bonchev–Trinajstić information content (AvgIpc) is 3.48. The van der Waals surface area contributed by atoms with Gasteiger partial charge >= 0.3 is 17.7 Å². The van der Waals surface area contributed by atoms with Gasteiger partial charge in [-0.05, 0) is 47.5 Å². The number of hydrogen-bond acceptors (Lipinski definition) is 10. The number of nitrogens with one attached hydrogen (secondary N) is 1. The number of furan rings is 1. The van der Waals surface area contributed by atoms with Crippen molar-refractivity contribution in [3.63, 3.8) is 0 Å². The van der Waals surface area contributed by atoms with Crippen molar-refractivity contribution in [3.05, 3.63) is 102 Å². The van der Waals surface area contributed by atoms with Gasteiger partial charge in [0.05, 0.1) is 28.5 Å². The van der Waals surface area contributed by atoms with Crippen LogP contribution in [0.3, 0.4) is 0 Å². The number of non-ortho nitro benzene ring substituents is 1. The van der Waals surface area contributed by atoms with Crippen LogP contribution in [-0.2, 0) is 22.7 Å². The Morgan fingerprint density at radius 3 is 2.46 bits per heavy atom. The molecule has 3 aromatic rings. The Bertz CT molecular complexity index is 1530. The normalized spacial score (nSPS) is 13.9. The Morgan fingerprint density at radius 2 is 1.82 bits per heavy atom. The summed E-state index contributed by atoms with van der Waals surface area (Å²) in [5.74, 6) is -1.67. The number of hydrogen-bond donors (Lipinski definition) is 1. The summed E-state index contributed by atoms with van der Waals surface area (Å²) in [7, 11) is 1.17. The van der Waals surface area contributed by atoms with Gasteiger partial charge in [0, 0.05) is 18.2 Å². The predicted octanol–water partition coefficient (Wildman–Crippen LogP) is 4.21. The molecule has 0 bridgehead atoms. The highest BCUT2D eigenvalue weighted by Gasteiger charge is 2.34. The van der Waals surface area contributed by atoms with Gasteiger partial charge in [0.1, 0.15) is 18.1 Å². The Kier molecular flexibility index (Phi) is 7.58. The summed E-state index contributed by atoms with van der Waals surface area (Å²) in [5.41, 5.74) is -0.166. The monoisotopic (exact) mass is 556 g/mol. The highest BCUT2D eigenvalue weighted by molar-refractivity contribution is 6.32. The van der Waals surface area contributed by atoms with Gasteiger partial charge in [-0.1, -0.05) is 11.6 Å². The highest BCUT2D eigenvalue weighted by atomic mass is 35.5. The SMILES string of the molecule is COC(=O)c1ccc(CN2C(=O)N/C(=C\c3cc(Cl)c(OCc4ccc([N+](=O)[O-])cc4)c([N+](=O)[O-])c3)C2=O)o1. The number of ether oxygens (including phenoxy) is 2. The number of amides is 3. The Balaban J connectivity index is 1.53. The smallest absolute Gasteiger partial charge is 0.373 e. The van der Waals surface area contributed by atoms with Crippen LogP contribution in [0.4, 0.5) is 16.2 Å². The minimum absolute atomic E-state index is 0.104. The zero-order valence-electron chi connectivity index (χ0n) is 19.9. The van der Waals surface area contributed by atoms with E-state index in [4.69, 9.17) is 20.8 Å². The van der Waals surface area contributed by atoms with Crippen LogP contribution in [-0.4, -0.2) is 39.8 Å². The van der Waals surface area contributed by atoms with Crippen molar-refractivity contribution >= 4 is 47.0 Å². The van der Waals surface area contributed by atoms with Crippen LogP contribution in [0.5, 0.6) is 5.75 Å². The quantitative estimate of drug-likeness (QED) is 0.132. The number of nitro benzene ring substituents is 2. The van der Waals surface area contributed by atoms with Crippen molar-refractivity contribution < 1.29 is 38.1 Å². The van der Waals surface area contributed by atoms with E-state index in [-0.39, 0.29) is 52.4 Å². The molecule has 1 fully saturated rings. The van der Waals surface area contributed by atoms with E-state index >= 15 is 0 Å². The van der Waals surface area contributed by atoms with Crippen molar-refractivity contribution in [2.75, 3.05) is 7.11 Å². The predicted molar refractivity (Wildman–Crippen MR) is 133 cm³/mol. The van der Waals surface area contributed by atoms with Crippen molar-refractivity contribution in [3.8, 4) is 5.75 Å². The van der Waals surface area contributed by atoms with Crippen molar-refractivity contribution in [1.29, 1.82) is 0 Å². The molecule has 2 heterocycles. The number of benzene rings is 2. The molecular weight excluding hydrogens is 540 g/mol. The second kappa shape index (κ2) is 11.0. The second-order valence-corrected chi connectivity index (χ2v) is 8.36. The van der Waals surface area contributed by atoms with E-state index in [9.17, 15) is 34.6 Å². The third kappa shape index (κ3) is 5.86. The number of carbonyl (C=O) groups excluding carboxylic acids is 3. The van der Waals surface area contributed by atoms with E-state index in [1.807, 2.05) is 0 Å². The molecule has 1 aliphatic heterocycles. The zero-order valence-corrected chi connectivity index (χ0v) is 20.7. The number of urea groups is 1. The topological polar surface area (TPSA) is 184 Å². The summed E-state index contributed by atoms with van der Waals surface area (Å²) in [6.07, 6.45) is 1.21. The first-order valence-corrected chi connectivity index (χ1v) is 11.3. The van der Waals surface area contributed by atoms with Crippen molar-refractivity contribution in [2.24, 2.45) is 0 Å². The molecule has 0 radical (unpaired) electrons. The van der Waals surface area contributed by atoms with Crippen molar-refractivity contribution in [2.45, 2.75) is 13.2 Å². The van der Waals surface area contributed by atoms with E-state index in [1.165, 1.54) is 55.7 Å². The van der Waals surface area contributed by atoms with Crippen LogP contribution in [0.2, 0.25) is 5.02 Å². The van der Waals surface area contributed by atoms with Gasteiger partial charge in [0.25, 0.3) is 11.6 Å². The highest BCUT2D eigenvalue weighted by Crippen LogP contribution is 2.37. The van der Waals surface area contributed by atoms with Gasteiger partial charge in [-0.3, -0.25) is 29.9 Å². The molecule has 1 aliphatic rings. The van der Waals surface area contributed by atoms with Gasteiger partial charge in [0.2, 0.25) is 11.5 Å². The molecule has 2 aromatic carbocycles. The summed E-state index contributed by atoms with van der Waals surface area (Å²) >= 11 is 6.26. The van der Waals surface area contributed by atoms with E-state index in [2.05, 4.69) is 10.1 Å². The van der Waals surface area contributed by atoms with Crippen LogP contribution in [0, 0.1) is 20.2 Å². The van der Waals surface area contributed by atoms with Gasteiger partial charge in [-0.15, -0.1) is 0 Å². The maximum atomic E-state index is 12.8. The molecule has 1 saturated heterocycles. The van der Waals surface area contributed by atoms with Gasteiger partial charge < -0.3 is 19.2 Å². The minimum atomic E-state index is -0.772. The first kappa shape index (κ1) is 26.8. The molecule has 1 N–H and O–H groups in total. The molecule has 14 nitrogen and oxygen atoms in total. The molecule has 0 saturated carbocycles. The number of halogens is 1. The van der Waals surface area contributed by atoms with Crippen LogP contribution >= 0.6 is 11.6 Å². The summed E-state index contributed by atoms with van der Waals surface area (Å²) in [5, 5.41) is 24.8. The molecule has 3 amide bonds. The summed E-state index contributed by atoms with van der Waals surface area (Å²) in [6.45, 7) is -0.442. The van der Waals surface area contributed by atoms with E-state index < -0.39 is 33.4 Å². The molecule has 39 heavy (non-hydrogen) atoms. The molecule has 0 unspecified atom stereocenters. The van der Waals surface area contributed by atoms with Crippen LogP contribution in [0.15, 0.2) is 58.6 Å². The standard InChI is InChI=1S/C24H17ClN4O10/c1-37-23(31)20-7-6-16(39-20)11-27-22(30)18(26-24(27)32)9-14-8-17(25)21(19(10-14)29(35)36)38-12-13-2-4-15(5-3-13)28(33)34/h2-10H,11-12H2,1H3,(H,26,32)/b18-9-. The lowest BCUT2D eigenvalue weighted by Crippen LogP contribution is -2.30. The number of esters is 1. The fourth-order valence-corrected chi connectivity index (χ4v) is 3.82. The lowest BCUT2D eigenvalue weighted by Gasteiger charge is -2.10. The zero-order chi connectivity index (χ0) is 28.3. The second-order valence-electron chi connectivity index (χ2n) is 7.96. The number of nitrogens with zero attached hydrogens (tertiary/aromatic N) is 3. The van der Waals surface area contributed by atoms with Crippen LogP contribution in [0.1, 0.15) is 27.4 Å². The largest absolute Gasteiger partial charge is 0.481 e. The fourth-order valence-electron chi connectivity index (χ4n) is 3.54. The lowest BCUT2D eigenvalue weighted by atomic mass is 10.1. The average molecular weight is 557 g/mol. The number of carbonyl (C=O) groups is 3. The number of imide groups is 1. The molecule has 0 aliphatic carbocycles. The van der Waals surface area contributed by atoms with Crippen molar-refractivity contribution in [1.82, 2.24) is 10.2 Å². The number of methoxy groups -OCH3 is 1. The number of nitro groups is 2. The molecular formula is C24H17ClN4O10. The molecule has 15 heteroatoms. The van der Waals surface area contributed by atoms with E-state index in [0.29, 0.717) is 5.56 Å². The van der Waals surface area contributed by atoms with Crippen LogP contribution < -0.4 is 10.1 Å². The molecule has 0 atom stereocenters. The molecule has 4 rings (SSSR count). The number of rotatable bonds is 9. The summed E-state index contributed by atoms with van der Waals surface area (Å²) in [6, 6.07) is 9.81. The van der Waals surface area contributed by atoms with E-state index in [0.717, 1.165) is 11.0 Å². The summed E-state index contributed by atoms with van der Waals surface area (Å²) in [4.78, 5) is 58.8. The lowest BCUT2D eigenvalue weighted by molar-refractivity contribution is -0.386. The maximum Gasteiger partial charge on any atom is 0.373 e. The van der Waals surface area contributed by atoms with Gasteiger partial charge in [-0.2, -0.15) is 0 Å². The first-order valence-electron chi connectivity index (χ1n) is 10.9. The first-order chi connectivity index (χ1) is 18.6. The maximum absolute atomic E-state index is 12.8. The third-order valence-corrected chi connectivity index (χ3v) is 5.69. The fraction of sp³-hybridized carbons (Fsp3) is 0.125.